The van der Waals surface area contributed by atoms with Gasteiger partial charge in [-0.2, -0.15) is 5.26 Å². The highest BCUT2D eigenvalue weighted by Gasteiger charge is 2.16. The molecule has 0 bridgehead atoms. The molecule has 0 saturated carbocycles. The number of aromatic nitrogens is 2. The van der Waals surface area contributed by atoms with Gasteiger partial charge in [-0.05, 0) is 18.2 Å². The summed E-state index contributed by atoms with van der Waals surface area (Å²) in [5, 5.41) is 18.8. The first-order valence-electron chi connectivity index (χ1n) is 7.31. The van der Waals surface area contributed by atoms with Crippen molar-refractivity contribution in [3.05, 3.63) is 65.7 Å². The fourth-order valence-electron chi connectivity index (χ4n) is 2.71. The van der Waals surface area contributed by atoms with Crippen molar-refractivity contribution in [3.63, 3.8) is 0 Å². The van der Waals surface area contributed by atoms with E-state index in [-0.39, 0.29) is 5.82 Å². The summed E-state index contributed by atoms with van der Waals surface area (Å²) in [4.78, 5) is 18.2. The van der Waals surface area contributed by atoms with Crippen LogP contribution in [0, 0.1) is 11.3 Å². The van der Waals surface area contributed by atoms with Crippen molar-refractivity contribution in [2.24, 2.45) is 10.2 Å². The number of nitrogens with zero attached hydrogens (tertiary/aromatic N) is 3. The highest BCUT2D eigenvalue weighted by Crippen LogP contribution is 2.33. The van der Waals surface area contributed by atoms with E-state index in [4.69, 9.17) is 0 Å². The Morgan fingerprint density at radius 3 is 2.54 bits per heavy atom. The number of rotatable bonds is 2. The second-order valence-corrected chi connectivity index (χ2v) is 5.25. The lowest BCUT2D eigenvalue weighted by Crippen LogP contribution is -1.92. The molecular formula is C18H11N5O. The summed E-state index contributed by atoms with van der Waals surface area (Å²) in [7, 11) is 0. The number of hydrogen-bond donors (Lipinski definition) is 2. The van der Waals surface area contributed by atoms with Crippen LogP contribution in [-0.4, -0.2) is 15.9 Å². The summed E-state index contributed by atoms with van der Waals surface area (Å²) in [5.41, 5.74) is 2.43. The third-order valence-corrected chi connectivity index (χ3v) is 3.81. The molecule has 114 valence electrons. The summed E-state index contributed by atoms with van der Waals surface area (Å²) >= 11 is 0. The minimum Gasteiger partial charge on any atom is -0.341 e. The van der Waals surface area contributed by atoms with E-state index in [9.17, 15) is 10.1 Å². The molecule has 0 saturated heterocycles. The first kappa shape index (κ1) is 13.9. The first-order chi connectivity index (χ1) is 11.8. The van der Waals surface area contributed by atoms with E-state index in [1.165, 1.54) is 0 Å². The number of nitrogens with one attached hydrogen (secondary N) is 2. The molecule has 6 heteroatoms. The second kappa shape index (κ2) is 5.48. The van der Waals surface area contributed by atoms with Crippen LogP contribution in [0.3, 0.4) is 0 Å². The lowest BCUT2D eigenvalue weighted by Gasteiger charge is -1.93. The van der Waals surface area contributed by atoms with Gasteiger partial charge >= 0.3 is 0 Å². The van der Waals surface area contributed by atoms with E-state index in [1.807, 2.05) is 30.3 Å². The molecule has 0 atom stereocenters. The number of carbonyl (C=O) groups is 1. The molecule has 0 aliphatic heterocycles. The third kappa shape index (κ3) is 2.16. The number of amides is 1. The van der Waals surface area contributed by atoms with E-state index in [0.29, 0.717) is 16.8 Å². The van der Waals surface area contributed by atoms with Gasteiger partial charge in [0.15, 0.2) is 5.82 Å². The minimum atomic E-state index is -0.456. The average molecular weight is 313 g/mol. The van der Waals surface area contributed by atoms with Gasteiger partial charge in [0, 0.05) is 21.9 Å². The average Bonchev–Trinajstić information content (AvgIpc) is 3.15. The number of hydrogen-bond acceptors (Lipinski definition) is 3. The summed E-state index contributed by atoms with van der Waals surface area (Å²) in [5.74, 6) is -0.184. The number of nitriles is 1. The molecule has 4 rings (SSSR count). The van der Waals surface area contributed by atoms with Crippen LogP contribution in [0.2, 0.25) is 0 Å². The first-order valence-corrected chi connectivity index (χ1v) is 7.31. The second-order valence-electron chi connectivity index (χ2n) is 5.25. The van der Waals surface area contributed by atoms with Crippen LogP contribution >= 0.6 is 0 Å². The topological polar surface area (TPSA) is 97.2 Å². The smallest absolute Gasteiger partial charge is 0.295 e. The standard InChI is InChI=1S/C18H11N5O/c19-10-13-15-12-8-4-5-9-14(12)20-17(15)21-16(13)22-23-18(24)11-6-2-1-3-7-11/h1-9,20-21H. The monoisotopic (exact) mass is 313 g/mol. The Hall–Kier alpha value is -3.72. The van der Waals surface area contributed by atoms with Crippen LogP contribution in [-0.2, 0) is 0 Å². The maximum absolute atomic E-state index is 12.0. The zero-order valence-electron chi connectivity index (χ0n) is 12.4. The van der Waals surface area contributed by atoms with Gasteiger partial charge in [0.25, 0.3) is 5.91 Å². The number of carbonyl (C=O) groups excluding carboxylic acids is 1. The maximum Gasteiger partial charge on any atom is 0.295 e. The van der Waals surface area contributed by atoms with Gasteiger partial charge in [0.1, 0.15) is 17.3 Å². The molecular weight excluding hydrogens is 302 g/mol. The van der Waals surface area contributed by atoms with Crippen molar-refractivity contribution >= 4 is 33.7 Å². The lowest BCUT2D eigenvalue weighted by atomic mass is 10.1. The maximum atomic E-state index is 12.0. The normalized spacial score (nSPS) is 11.3. The predicted molar refractivity (Wildman–Crippen MR) is 90.2 cm³/mol. The van der Waals surface area contributed by atoms with E-state index in [0.717, 1.165) is 16.3 Å². The van der Waals surface area contributed by atoms with Gasteiger partial charge in [-0.1, -0.05) is 36.4 Å². The molecule has 4 aromatic rings. The number of H-pyrrole nitrogens is 2. The van der Waals surface area contributed by atoms with Gasteiger partial charge < -0.3 is 9.97 Å². The van der Waals surface area contributed by atoms with Gasteiger partial charge in [-0.25, -0.2) is 0 Å². The van der Waals surface area contributed by atoms with Crippen molar-refractivity contribution in [1.29, 1.82) is 5.26 Å². The SMILES string of the molecule is N#Cc1c(N=NC(=O)c2ccccc2)[nH]c2[nH]c3ccccc3c12. The third-order valence-electron chi connectivity index (χ3n) is 3.81. The Bertz CT molecular complexity index is 1130. The number of azo groups is 1. The van der Waals surface area contributed by atoms with Gasteiger partial charge in [0.2, 0.25) is 0 Å². The number of aromatic amines is 2. The zero-order chi connectivity index (χ0) is 16.5. The summed E-state index contributed by atoms with van der Waals surface area (Å²) in [6.45, 7) is 0. The highest BCUT2D eigenvalue weighted by atomic mass is 16.1. The molecule has 0 fully saturated rings. The number of para-hydroxylation sites is 1. The van der Waals surface area contributed by atoms with Crippen LogP contribution < -0.4 is 0 Å². The molecule has 2 N–H and O–H groups in total. The Labute approximate surface area is 136 Å². The zero-order valence-corrected chi connectivity index (χ0v) is 12.4. The van der Waals surface area contributed by atoms with E-state index in [1.54, 1.807) is 24.3 Å². The van der Waals surface area contributed by atoms with Gasteiger partial charge in [-0.15, -0.1) is 10.2 Å². The fraction of sp³-hybridized carbons (Fsp3) is 0. The largest absolute Gasteiger partial charge is 0.341 e. The number of fused-ring (bicyclic) bond motifs is 3. The molecule has 6 nitrogen and oxygen atoms in total. The van der Waals surface area contributed by atoms with Crippen molar-refractivity contribution in [2.45, 2.75) is 0 Å². The summed E-state index contributed by atoms with van der Waals surface area (Å²) < 4.78 is 0. The molecule has 2 heterocycles. The van der Waals surface area contributed by atoms with E-state index < -0.39 is 5.91 Å². The predicted octanol–water partition coefficient (Wildman–Crippen LogP) is 4.44. The molecule has 0 spiro atoms. The molecule has 1 amide bonds. The number of benzene rings is 2. The molecule has 2 aromatic carbocycles. The van der Waals surface area contributed by atoms with Crippen LogP contribution in [0.1, 0.15) is 15.9 Å². The summed E-state index contributed by atoms with van der Waals surface area (Å²) in [6.07, 6.45) is 0. The van der Waals surface area contributed by atoms with Crippen molar-refractivity contribution in [3.8, 4) is 6.07 Å². The Kier molecular flexibility index (Phi) is 3.18. The quantitative estimate of drug-likeness (QED) is 0.535. The van der Waals surface area contributed by atoms with Crippen molar-refractivity contribution in [2.75, 3.05) is 0 Å². The molecule has 24 heavy (non-hydrogen) atoms. The molecule has 0 radical (unpaired) electrons. The van der Waals surface area contributed by atoms with Crippen molar-refractivity contribution < 1.29 is 4.79 Å². The molecule has 0 aliphatic carbocycles. The van der Waals surface area contributed by atoms with Crippen LogP contribution in [0.5, 0.6) is 0 Å². The van der Waals surface area contributed by atoms with Gasteiger partial charge in [-0.3, -0.25) is 4.79 Å². The van der Waals surface area contributed by atoms with E-state index >= 15 is 0 Å². The summed E-state index contributed by atoms with van der Waals surface area (Å²) in [6, 6.07) is 18.5. The van der Waals surface area contributed by atoms with Crippen LogP contribution in [0.15, 0.2) is 64.8 Å². The van der Waals surface area contributed by atoms with Crippen molar-refractivity contribution in [1.82, 2.24) is 9.97 Å². The molecule has 2 aromatic heterocycles. The fourth-order valence-corrected chi connectivity index (χ4v) is 2.71. The Morgan fingerprint density at radius 1 is 1.00 bits per heavy atom. The highest BCUT2D eigenvalue weighted by molar-refractivity contribution is 6.11. The lowest BCUT2D eigenvalue weighted by molar-refractivity contribution is 0.0995. The molecule has 0 unspecified atom stereocenters. The minimum absolute atomic E-state index is 0.272. The Balaban J connectivity index is 1.79. The van der Waals surface area contributed by atoms with Crippen LogP contribution in [0.4, 0.5) is 5.82 Å². The van der Waals surface area contributed by atoms with Gasteiger partial charge in [0.05, 0.1) is 0 Å². The Morgan fingerprint density at radius 2 is 1.75 bits per heavy atom. The molecule has 0 aliphatic rings. The van der Waals surface area contributed by atoms with Crippen LogP contribution in [0.25, 0.3) is 21.9 Å². The van der Waals surface area contributed by atoms with E-state index in [2.05, 4.69) is 26.3 Å².